The quantitative estimate of drug-likeness (QED) is 0.254. The molecule has 2 aromatic heterocycles. The Morgan fingerprint density at radius 3 is 2.10 bits per heavy atom. The average molecular weight is 406 g/mol. The maximum absolute atomic E-state index is 11.8. The van der Waals surface area contributed by atoms with Crippen LogP contribution in [0.15, 0.2) is 17.3 Å². The fourth-order valence-corrected chi connectivity index (χ4v) is 2.72. The molecule has 0 saturated carbocycles. The number of hydrogen-bond donors (Lipinski definition) is 6. The smallest absolute Gasteiger partial charge is 0.324 e. The lowest BCUT2D eigenvalue weighted by molar-refractivity contribution is -0.126. The molecule has 0 aromatic carbocycles. The van der Waals surface area contributed by atoms with Crippen molar-refractivity contribution in [1.82, 2.24) is 30.2 Å². The molecule has 13 nitrogen and oxygen atoms in total. The van der Waals surface area contributed by atoms with Crippen molar-refractivity contribution in [2.45, 2.75) is 38.8 Å². The van der Waals surface area contributed by atoms with Gasteiger partial charge in [0.15, 0.2) is 0 Å². The van der Waals surface area contributed by atoms with Gasteiger partial charge in [0.05, 0.1) is 11.4 Å². The molecule has 2 heterocycles. The summed E-state index contributed by atoms with van der Waals surface area (Å²) in [5.74, 6) is -2.07. The SMILES string of the molecule is CC(=O)NC(Cc1cn(-c2[nH]c(=O)[nH]c2CC(NC(C)=O)C(N)=O)cn1)C(N)=O. The van der Waals surface area contributed by atoms with E-state index in [4.69, 9.17) is 11.5 Å². The Labute approximate surface area is 164 Å². The number of hydrogen-bond acceptors (Lipinski definition) is 6. The summed E-state index contributed by atoms with van der Waals surface area (Å²) in [7, 11) is 0. The Bertz CT molecular complexity index is 988. The van der Waals surface area contributed by atoms with E-state index in [-0.39, 0.29) is 18.7 Å². The second-order valence-electron chi connectivity index (χ2n) is 6.40. The lowest BCUT2D eigenvalue weighted by Crippen LogP contribution is -2.45. The predicted octanol–water partition coefficient (Wildman–Crippen LogP) is -3.05. The van der Waals surface area contributed by atoms with Crippen LogP contribution in [0, 0.1) is 0 Å². The van der Waals surface area contributed by atoms with E-state index in [0.717, 1.165) is 0 Å². The Morgan fingerprint density at radius 2 is 1.59 bits per heavy atom. The number of nitrogens with two attached hydrogens (primary N) is 2. The van der Waals surface area contributed by atoms with Crippen LogP contribution in [0.3, 0.4) is 0 Å². The maximum Gasteiger partial charge on any atom is 0.324 e. The molecule has 2 rings (SSSR count). The Balaban J connectivity index is 2.27. The monoisotopic (exact) mass is 406 g/mol. The Kier molecular flexibility index (Phi) is 6.54. The van der Waals surface area contributed by atoms with Crippen molar-refractivity contribution in [3.05, 3.63) is 34.4 Å². The van der Waals surface area contributed by atoms with Gasteiger partial charge in [-0.05, 0) is 0 Å². The van der Waals surface area contributed by atoms with Crippen LogP contribution >= 0.6 is 0 Å². The van der Waals surface area contributed by atoms with Crippen LogP contribution in [-0.4, -0.2) is 55.2 Å². The van der Waals surface area contributed by atoms with Crippen molar-refractivity contribution in [3.63, 3.8) is 0 Å². The van der Waals surface area contributed by atoms with Gasteiger partial charge in [-0.15, -0.1) is 0 Å². The van der Waals surface area contributed by atoms with Gasteiger partial charge in [0.1, 0.15) is 24.2 Å². The topological polar surface area (TPSA) is 211 Å². The second-order valence-corrected chi connectivity index (χ2v) is 6.40. The molecule has 2 atom stereocenters. The van der Waals surface area contributed by atoms with Gasteiger partial charge < -0.3 is 27.1 Å². The number of amides is 4. The average Bonchev–Trinajstić information content (AvgIpc) is 3.19. The standard InChI is InChI=1S/C16H22N8O5/c1-7(25)20-10(13(17)27)3-9-5-24(6-19-9)15-12(22-16(29)23-15)4-11(14(18)28)21-8(2)26/h5-6,10-11H,3-4H2,1-2H3,(H2,17,27)(H2,18,28)(H,20,25)(H,21,26)(H2,22,23,29). The molecule has 2 unspecified atom stereocenters. The van der Waals surface area contributed by atoms with Crippen molar-refractivity contribution >= 4 is 23.6 Å². The molecule has 0 aliphatic carbocycles. The molecule has 0 saturated heterocycles. The lowest BCUT2D eigenvalue weighted by Gasteiger charge is -2.14. The molecule has 29 heavy (non-hydrogen) atoms. The summed E-state index contributed by atoms with van der Waals surface area (Å²) in [5.41, 5.74) is 10.8. The summed E-state index contributed by atoms with van der Waals surface area (Å²) in [6.45, 7) is 2.50. The van der Waals surface area contributed by atoms with Crippen molar-refractivity contribution in [2.75, 3.05) is 0 Å². The summed E-state index contributed by atoms with van der Waals surface area (Å²) in [4.78, 5) is 66.6. The minimum Gasteiger partial charge on any atom is -0.368 e. The number of nitrogens with one attached hydrogen (secondary N) is 4. The summed E-state index contributed by atoms with van der Waals surface area (Å²) in [5, 5.41) is 4.84. The van der Waals surface area contributed by atoms with E-state index < -0.39 is 41.4 Å². The van der Waals surface area contributed by atoms with E-state index in [1.807, 2.05) is 0 Å². The minimum absolute atomic E-state index is 0.0434. The van der Waals surface area contributed by atoms with Gasteiger partial charge in [0, 0.05) is 32.9 Å². The number of H-pyrrole nitrogens is 2. The normalized spacial score (nSPS) is 12.8. The van der Waals surface area contributed by atoms with Gasteiger partial charge in [0.2, 0.25) is 23.6 Å². The molecular formula is C16H22N8O5. The lowest BCUT2D eigenvalue weighted by atomic mass is 10.1. The van der Waals surface area contributed by atoms with Crippen molar-refractivity contribution in [1.29, 1.82) is 0 Å². The summed E-state index contributed by atoms with van der Waals surface area (Å²) in [6.07, 6.45) is 2.88. The highest BCUT2D eigenvalue weighted by atomic mass is 16.2. The van der Waals surface area contributed by atoms with Crippen LogP contribution in [0.25, 0.3) is 5.82 Å². The molecular weight excluding hydrogens is 384 g/mol. The van der Waals surface area contributed by atoms with Gasteiger partial charge in [-0.25, -0.2) is 9.78 Å². The van der Waals surface area contributed by atoms with Crippen molar-refractivity contribution in [2.24, 2.45) is 11.5 Å². The number of carbonyl (C=O) groups excluding carboxylic acids is 4. The number of imidazole rings is 2. The molecule has 13 heteroatoms. The maximum atomic E-state index is 11.8. The van der Waals surface area contributed by atoms with Gasteiger partial charge in [-0.1, -0.05) is 0 Å². The number of primary amides is 2. The molecule has 0 spiro atoms. The number of rotatable bonds is 9. The van der Waals surface area contributed by atoms with E-state index in [1.165, 1.54) is 30.9 Å². The molecule has 8 N–H and O–H groups in total. The van der Waals surface area contributed by atoms with Crippen LogP contribution in [0.4, 0.5) is 0 Å². The number of aromatic nitrogens is 4. The van der Waals surface area contributed by atoms with Crippen LogP contribution in [0.1, 0.15) is 25.2 Å². The first-order valence-corrected chi connectivity index (χ1v) is 8.54. The number of carbonyl (C=O) groups is 4. The second kappa shape index (κ2) is 8.86. The predicted molar refractivity (Wildman–Crippen MR) is 99.5 cm³/mol. The Hall–Kier alpha value is -3.90. The molecule has 0 aliphatic rings. The van der Waals surface area contributed by atoms with Crippen LogP contribution in [0.2, 0.25) is 0 Å². The largest absolute Gasteiger partial charge is 0.368 e. The molecule has 0 aliphatic heterocycles. The highest BCUT2D eigenvalue weighted by molar-refractivity contribution is 5.86. The molecule has 0 bridgehead atoms. The van der Waals surface area contributed by atoms with Gasteiger partial charge in [0.25, 0.3) is 0 Å². The first kappa shape index (κ1) is 21.4. The third kappa shape index (κ3) is 5.79. The van der Waals surface area contributed by atoms with E-state index in [9.17, 15) is 24.0 Å². The minimum atomic E-state index is -1.03. The molecule has 0 radical (unpaired) electrons. The van der Waals surface area contributed by atoms with E-state index in [0.29, 0.717) is 11.4 Å². The molecule has 156 valence electrons. The van der Waals surface area contributed by atoms with Gasteiger partial charge in [-0.3, -0.25) is 28.7 Å². The van der Waals surface area contributed by atoms with Crippen LogP contribution < -0.4 is 27.8 Å². The molecule has 2 aromatic rings. The highest BCUT2D eigenvalue weighted by Crippen LogP contribution is 2.12. The van der Waals surface area contributed by atoms with E-state index >= 15 is 0 Å². The van der Waals surface area contributed by atoms with Gasteiger partial charge in [-0.2, -0.15) is 0 Å². The number of nitrogens with zero attached hydrogens (tertiary/aromatic N) is 2. The first-order valence-electron chi connectivity index (χ1n) is 8.54. The van der Waals surface area contributed by atoms with E-state index in [2.05, 4.69) is 25.6 Å². The molecule has 4 amide bonds. The zero-order chi connectivity index (χ0) is 21.7. The highest BCUT2D eigenvalue weighted by Gasteiger charge is 2.22. The van der Waals surface area contributed by atoms with Crippen LogP contribution in [-0.2, 0) is 32.0 Å². The van der Waals surface area contributed by atoms with E-state index in [1.54, 1.807) is 0 Å². The van der Waals surface area contributed by atoms with Crippen molar-refractivity contribution in [3.8, 4) is 5.82 Å². The summed E-state index contributed by atoms with van der Waals surface area (Å²) >= 11 is 0. The third-order valence-corrected chi connectivity index (χ3v) is 3.94. The zero-order valence-electron chi connectivity index (χ0n) is 15.8. The third-order valence-electron chi connectivity index (χ3n) is 3.94. The fraction of sp³-hybridized carbons (Fsp3) is 0.375. The fourth-order valence-electron chi connectivity index (χ4n) is 2.72. The molecule has 0 fully saturated rings. The summed E-state index contributed by atoms with van der Waals surface area (Å²) in [6, 6.07) is -1.97. The first-order chi connectivity index (χ1) is 13.6. The number of aromatic amines is 2. The van der Waals surface area contributed by atoms with Gasteiger partial charge >= 0.3 is 5.69 Å². The van der Waals surface area contributed by atoms with Crippen LogP contribution in [0.5, 0.6) is 0 Å². The zero-order valence-corrected chi connectivity index (χ0v) is 15.8. The van der Waals surface area contributed by atoms with Crippen molar-refractivity contribution < 1.29 is 19.2 Å². The summed E-state index contributed by atoms with van der Waals surface area (Å²) < 4.78 is 1.46. The Morgan fingerprint density at radius 1 is 1.03 bits per heavy atom.